The monoisotopic (exact) mass is 239 g/mol. The van der Waals surface area contributed by atoms with E-state index in [0.29, 0.717) is 18.8 Å². The fourth-order valence-electron chi connectivity index (χ4n) is 2.25. The number of morpholine rings is 1. The molecule has 1 N–H and O–H groups in total. The van der Waals surface area contributed by atoms with Crippen molar-refractivity contribution < 1.29 is 14.2 Å². The number of anilines is 1. The summed E-state index contributed by atoms with van der Waals surface area (Å²) in [6.45, 7) is 6.06. The van der Waals surface area contributed by atoms with E-state index >= 15 is 0 Å². The van der Waals surface area contributed by atoms with Crippen LogP contribution < -0.4 is 4.90 Å². The Balaban J connectivity index is 2.38. The third-order valence-corrected chi connectivity index (χ3v) is 3.15. The summed E-state index contributed by atoms with van der Waals surface area (Å²) in [5.41, 5.74) is 1.38. The van der Waals surface area contributed by atoms with Crippen molar-refractivity contribution in [1.82, 2.24) is 0 Å². The molecule has 1 aromatic rings. The van der Waals surface area contributed by atoms with Gasteiger partial charge in [0, 0.05) is 17.8 Å². The number of aliphatic hydroxyl groups is 1. The third-order valence-electron chi connectivity index (χ3n) is 3.15. The Kier molecular flexibility index (Phi) is 3.35. The minimum atomic E-state index is -0.316. The highest BCUT2D eigenvalue weighted by Crippen LogP contribution is 2.30. The zero-order valence-corrected chi connectivity index (χ0v) is 10.2. The molecule has 1 aliphatic heterocycles. The van der Waals surface area contributed by atoms with E-state index in [9.17, 15) is 9.50 Å². The topological polar surface area (TPSA) is 32.7 Å². The first kappa shape index (κ1) is 12.3. The van der Waals surface area contributed by atoms with Gasteiger partial charge in [-0.2, -0.15) is 0 Å². The van der Waals surface area contributed by atoms with E-state index in [2.05, 4.69) is 18.7 Å². The maximum atomic E-state index is 13.1. The Hall–Kier alpha value is -1.13. The second kappa shape index (κ2) is 4.63. The molecule has 3 nitrogen and oxygen atoms in total. The van der Waals surface area contributed by atoms with Crippen LogP contribution in [0.4, 0.5) is 10.1 Å². The Bertz CT molecular complexity index is 406. The predicted molar refractivity (Wildman–Crippen MR) is 64.6 cm³/mol. The zero-order chi connectivity index (χ0) is 12.5. The Morgan fingerprint density at radius 1 is 1.47 bits per heavy atom. The van der Waals surface area contributed by atoms with Gasteiger partial charge in [-0.15, -0.1) is 0 Å². The van der Waals surface area contributed by atoms with Gasteiger partial charge in [-0.3, -0.25) is 0 Å². The Morgan fingerprint density at radius 3 is 2.88 bits per heavy atom. The number of nitrogens with zero attached hydrogens (tertiary/aromatic N) is 1. The summed E-state index contributed by atoms with van der Waals surface area (Å²) in [4.78, 5) is 2.17. The lowest BCUT2D eigenvalue weighted by molar-refractivity contribution is 0.0641. The van der Waals surface area contributed by atoms with E-state index in [1.54, 1.807) is 6.07 Å². The van der Waals surface area contributed by atoms with Crippen molar-refractivity contribution in [2.24, 2.45) is 0 Å². The van der Waals surface area contributed by atoms with Crippen LogP contribution in [0.5, 0.6) is 0 Å². The molecule has 0 radical (unpaired) electrons. The fraction of sp³-hybridized carbons (Fsp3) is 0.538. The summed E-state index contributed by atoms with van der Waals surface area (Å²) in [7, 11) is 0. The lowest BCUT2D eigenvalue weighted by atomic mass is 9.99. The van der Waals surface area contributed by atoms with Crippen molar-refractivity contribution in [1.29, 1.82) is 0 Å². The number of benzene rings is 1. The summed E-state index contributed by atoms with van der Waals surface area (Å²) < 4.78 is 18.6. The zero-order valence-electron chi connectivity index (χ0n) is 10.2. The van der Waals surface area contributed by atoms with E-state index in [1.165, 1.54) is 12.1 Å². The van der Waals surface area contributed by atoms with Gasteiger partial charge in [-0.05, 0) is 32.0 Å². The van der Waals surface area contributed by atoms with E-state index in [-0.39, 0.29) is 18.0 Å². The molecule has 0 bridgehead atoms. The van der Waals surface area contributed by atoms with Gasteiger partial charge in [0.2, 0.25) is 0 Å². The van der Waals surface area contributed by atoms with Crippen molar-refractivity contribution in [2.45, 2.75) is 26.0 Å². The van der Waals surface area contributed by atoms with E-state index in [1.807, 2.05) is 0 Å². The van der Waals surface area contributed by atoms with E-state index < -0.39 is 0 Å². The van der Waals surface area contributed by atoms with Crippen molar-refractivity contribution >= 4 is 5.69 Å². The minimum Gasteiger partial charge on any atom is -0.392 e. The average Bonchev–Trinajstić information content (AvgIpc) is 2.29. The molecule has 1 aromatic carbocycles. The molecule has 0 atom stereocenters. The van der Waals surface area contributed by atoms with Crippen LogP contribution >= 0.6 is 0 Å². The van der Waals surface area contributed by atoms with Crippen molar-refractivity contribution in [3.05, 3.63) is 29.6 Å². The van der Waals surface area contributed by atoms with Crippen LogP contribution in [0.1, 0.15) is 19.4 Å². The molecule has 4 heteroatoms. The molecule has 0 saturated carbocycles. The lowest BCUT2D eigenvalue weighted by Gasteiger charge is -2.44. The van der Waals surface area contributed by atoms with Crippen LogP contribution in [0.3, 0.4) is 0 Å². The van der Waals surface area contributed by atoms with Gasteiger partial charge < -0.3 is 14.7 Å². The number of hydrogen-bond acceptors (Lipinski definition) is 3. The first-order chi connectivity index (χ1) is 8.04. The first-order valence-corrected chi connectivity index (χ1v) is 5.79. The molecule has 17 heavy (non-hydrogen) atoms. The largest absolute Gasteiger partial charge is 0.392 e. The number of halogens is 1. The standard InChI is InChI=1S/C13H18FNO2/c1-13(2)9-17-6-5-15(13)12-4-3-11(14)7-10(12)8-16/h3-4,7,16H,5-6,8-9H2,1-2H3. The van der Waals surface area contributed by atoms with Crippen LogP contribution in [-0.2, 0) is 11.3 Å². The number of ether oxygens (including phenoxy) is 1. The van der Waals surface area contributed by atoms with Crippen LogP contribution in [0.2, 0.25) is 0 Å². The molecule has 94 valence electrons. The van der Waals surface area contributed by atoms with Gasteiger partial charge >= 0.3 is 0 Å². The normalized spacial score (nSPS) is 19.4. The van der Waals surface area contributed by atoms with Gasteiger partial charge in [-0.1, -0.05) is 0 Å². The highest BCUT2D eigenvalue weighted by molar-refractivity contribution is 5.56. The molecule has 0 aliphatic carbocycles. The predicted octanol–water partition coefficient (Wildman–Crippen LogP) is 1.93. The van der Waals surface area contributed by atoms with Crippen molar-refractivity contribution in [2.75, 3.05) is 24.7 Å². The fourth-order valence-corrected chi connectivity index (χ4v) is 2.25. The molecule has 1 fully saturated rings. The van der Waals surface area contributed by atoms with Gasteiger partial charge in [0.05, 0.1) is 25.4 Å². The molecule has 2 rings (SSSR count). The summed E-state index contributed by atoms with van der Waals surface area (Å²) in [5.74, 6) is -0.316. The molecule has 0 spiro atoms. The van der Waals surface area contributed by atoms with Crippen LogP contribution in [-0.4, -0.2) is 30.4 Å². The second-order valence-electron chi connectivity index (χ2n) is 4.95. The van der Waals surface area contributed by atoms with Gasteiger partial charge in [-0.25, -0.2) is 4.39 Å². The molecule has 1 heterocycles. The summed E-state index contributed by atoms with van der Waals surface area (Å²) in [5, 5.41) is 9.32. The summed E-state index contributed by atoms with van der Waals surface area (Å²) in [6.07, 6.45) is 0. The van der Waals surface area contributed by atoms with Gasteiger partial charge in [0.15, 0.2) is 0 Å². The number of hydrogen-bond donors (Lipinski definition) is 1. The van der Waals surface area contributed by atoms with Crippen molar-refractivity contribution in [3.63, 3.8) is 0 Å². The maximum absolute atomic E-state index is 13.1. The van der Waals surface area contributed by atoms with E-state index in [4.69, 9.17) is 4.74 Å². The SMILES string of the molecule is CC1(C)COCCN1c1ccc(F)cc1CO. The van der Waals surface area contributed by atoms with Crippen LogP contribution in [0.15, 0.2) is 18.2 Å². The lowest BCUT2D eigenvalue weighted by Crippen LogP contribution is -2.53. The van der Waals surface area contributed by atoms with Crippen LogP contribution in [0, 0.1) is 5.82 Å². The average molecular weight is 239 g/mol. The molecule has 1 aliphatic rings. The second-order valence-corrected chi connectivity index (χ2v) is 4.95. The molecule has 1 saturated heterocycles. The number of aliphatic hydroxyl groups excluding tert-OH is 1. The molecule has 0 unspecified atom stereocenters. The molecule has 0 aromatic heterocycles. The van der Waals surface area contributed by atoms with Crippen molar-refractivity contribution in [3.8, 4) is 0 Å². The first-order valence-electron chi connectivity index (χ1n) is 5.79. The maximum Gasteiger partial charge on any atom is 0.123 e. The summed E-state index contributed by atoms with van der Waals surface area (Å²) in [6, 6.07) is 4.55. The smallest absolute Gasteiger partial charge is 0.123 e. The third kappa shape index (κ3) is 2.42. The highest BCUT2D eigenvalue weighted by atomic mass is 19.1. The van der Waals surface area contributed by atoms with Gasteiger partial charge in [0.1, 0.15) is 5.82 Å². The quantitative estimate of drug-likeness (QED) is 0.856. The molecular formula is C13H18FNO2. The molecule has 0 amide bonds. The molecular weight excluding hydrogens is 221 g/mol. The summed E-state index contributed by atoms with van der Waals surface area (Å²) >= 11 is 0. The van der Waals surface area contributed by atoms with E-state index in [0.717, 1.165) is 12.2 Å². The van der Waals surface area contributed by atoms with Crippen LogP contribution in [0.25, 0.3) is 0 Å². The van der Waals surface area contributed by atoms with Gasteiger partial charge in [0.25, 0.3) is 0 Å². The number of rotatable bonds is 2. The Labute approximate surface area is 101 Å². The Morgan fingerprint density at radius 2 is 2.24 bits per heavy atom. The highest BCUT2D eigenvalue weighted by Gasteiger charge is 2.31. The minimum absolute atomic E-state index is 0.139.